The van der Waals surface area contributed by atoms with Crippen molar-refractivity contribution >= 4 is 35.4 Å². The van der Waals surface area contributed by atoms with Gasteiger partial charge in [0.2, 0.25) is 5.91 Å². The van der Waals surface area contributed by atoms with E-state index >= 15 is 0 Å². The van der Waals surface area contributed by atoms with Crippen LogP contribution in [0.3, 0.4) is 0 Å². The van der Waals surface area contributed by atoms with Crippen LogP contribution in [0.15, 0.2) is 29.1 Å². The lowest BCUT2D eigenvalue weighted by Crippen LogP contribution is -2.44. The van der Waals surface area contributed by atoms with Crippen molar-refractivity contribution in [2.45, 2.75) is 40.2 Å². The summed E-state index contributed by atoms with van der Waals surface area (Å²) in [5.41, 5.74) is 1.71. The highest BCUT2D eigenvalue weighted by Crippen LogP contribution is 2.15. The Bertz CT molecular complexity index is 1100. The Labute approximate surface area is 180 Å². The molecule has 1 atom stereocenters. The fourth-order valence-corrected chi connectivity index (χ4v) is 4.64. The lowest BCUT2D eigenvalue weighted by atomic mass is 10.0. The number of likely N-dealkylation sites (tertiary alicyclic amines) is 1. The van der Waals surface area contributed by atoms with E-state index in [0.717, 1.165) is 24.0 Å². The Morgan fingerprint density at radius 3 is 2.77 bits per heavy atom. The minimum absolute atomic E-state index is 0.0745. The molecule has 0 saturated carbocycles. The average molecular weight is 429 g/mol. The molecule has 0 radical (unpaired) electrons. The Kier molecular flexibility index (Phi) is 7.26. The second-order valence-corrected chi connectivity index (χ2v) is 8.74. The summed E-state index contributed by atoms with van der Waals surface area (Å²) in [6.07, 6.45) is 5.20. The molecule has 0 N–H and O–H groups in total. The van der Waals surface area contributed by atoms with Crippen molar-refractivity contribution < 1.29 is 14.3 Å². The molecular formula is C23H28N2O4S. The summed E-state index contributed by atoms with van der Waals surface area (Å²) >= 11 is 1.20. The molecule has 1 aliphatic rings. The minimum atomic E-state index is -0.519. The fraction of sp³-hybridized carbons (Fsp3) is 0.435. The van der Waals surface area contributed by atoms with Gasteiger partial charge in [-0.25, -0.2) is 4.79 Å². The van der Waals surface area contributed by atoms with Crippen LogP contribution in [-0.4, -0.2) is 41.0 Å². The van der Waals surface area contributed by atoms with E-state index < -0.39 is 5.97 Å². The van der Waals surface area contributed by atoms with E-state index in [-0.39, 0.29) is 24.6 Å². The number of nitrogens with zero attached hydrogens (tertiary/aromatic N) is 2. The number of carbonyl (C=O) groups excluding carboxylic acids is 2. The van der Waals surface area contributed by atoms with E-state index in [9.17, 15) is 14.4 Å². The van der Waals surface area contributed by atoms with E-state index in [1.807, 2.05) is 42.2 Å². The van der Waals surface area contributed by atoms with E-state index in [0.29, 0.717) is 28.2 Å². The molecule has 1 fully saturated rings. The van der Waals surface area contributed by atoms with Gasteiger partial charge in [0.15, 0.2) is 0 Å². The highest BCUT2D eigenvalue weighted by Gasteiger charge is 2.22. The zero-order valence-electron chi connectivity index (χ0n) is 17.7. The van der Waals surface area contributed by atoms with Crippen LogP contribution in [-0.2, 0) is 20.9 Å². The Balaban J connectivity index is 2.03. The first-order valence-electron chi connectivity index (χ1n) is 10.3. The third-order valence-corrected chi connectivity index (χ3v) is 6.30. The highest BCUT2D eigenvalue weighted by molar-refractivity contribution is 7.07. The van der Waals surface area contributed by atoms with Crippen LogP contribution in [0.1, 0.15) is 37.8 Å². The Morgan fingerprint density at radius 2 is 2.07 bits per heavy atom. The number of hydrogen-bond donors (Lipinski definition) is 0. The molecular weight excluding hydrogens is 400 g/mol. The van der Waals surface area contributed by atoms with Crippen LogP contribution in [0.5, 0.6) is 0 Å². The third-order valence-electron chi connectivity index (χ3n) is 5.24. The van der Waals surface area contributed by atoms with E-state index in [2.05, 4.69) is 6.92 Å². The molecule has 1 saturated heterocycles. The number of ether oxygens (including phenoxy) is 1. The van der Waals surface area contributed by atoms with Crippen molar-refractivity contribution in [3.8, 4) is 0 Å². The van der Waals surface area contributed by atoms with Gasteiger partial charge in [-0.2, -0.15) is 0 Å². The molecule has 1 aromatic heterocycles. The molecule has 160 valence electrons. The van der Waals surface area contributed by atoms with Crippen LogP contribution < -0.4 is 14.8 Å². The van der Waals surface area contributed by atoms with Gasteiger partial charge in [-0.15, -0.1) is 11.3 Å². The number of aryl methyl sites for hydroxylation is 1. The maximum atomic E-state index is 13.1. The molecule has 0 aliphatic carbocycles. The van der Waals surface area contributed by atoms with Gasteiger partial charge >= 0.3 is 5.97 Å². The molecule has 2 heterocycles. The first kappa shape index (κ1) is 22.0. The van der Waals surface area contributed by atoms with Crippen molar-refractivity contribution in [1.82, 2.24) is 9.47 Å². The molecule has 6 nitrogen and oxygen atoms in total. The standard InChI is InChI=1S/C23H28N2O4S/c1-4-29-22(27)13-21-25(15-20(26)24-11-7-8-16(2)14-24)23(28)19(30-21)12-18-10-6-5-9-17(18)3/h5-6,9-10,12-13,16H,4,7-8,11,14-15H2,1-3H3/b19-12+,21-13-. The number of piperidine rings is 1. The van der Waals surface area contributed by atoms with Crippen molar-refractivity contribution in [2.75, 3.05) is 19.7 Å². The Hall–Kier alpha value is -2.67. The molecule has 1 unspecified atom stereocenters. The average Bonchev–Trinajstić information content (AvgIpc) is 2.98. The molecule has 1 aliphatic heterocycles. The molecule has 2 aromatic rings. The lowest BCUT2D eigenvalue weighted by Gasteiger charge is -2.31. The van der Waals surface area contributed by atoms with Gasteiger partial charge in [0, 0.05) is 13.1 Å². The monoisotopic (exact) mass is 428 g/mol. The summed E-state index contributed by atoms with van der Waals surface area (Å²) in [5, 5.41) is 0. The molecule has 3 rings (SSSR count). The lowest BCUT2D eigenvalue weighted by molar-refractivity contribution is -0.136. The predicted molar refractivity (Wildman–Crippen MR) is 119 cm³/mol. The maximum absolute atomic E-state index is 13.1. The molecule has 7 heteroatoms. The zero-order valence-corrected chi connectivity index (χ0v) is 18.5. The van der Waals surface area contributed by atoms with Gasteiger partial charge < -0.3 is 9.64 Å². The maximum Gasteiger partial charge on any atom is 0.333 e. The summed E-state index contributed by atoms with van der Waals surface area (Å²) in [4.78, 5) is 39.9. The number of thiazole rings is 1. The molecule has 1 amide bonds. The summed E-state index contributed by atoms with van der Waals surface area (Å²) in [6, 6.07) is 7.77. The van der Waals surface area contributed by atoms with Gasteiger partial charge in [0.25, 0.3) is 5.56 Å². The first-order valence-corrected chi connectivity index (χ1v) is 11.1. The smallest absolute Gasteiger partial charge is 0.333 e. The summed E-state index contributed by atoms with van der Waals surface area (Å²) in [7, 11) is 0. The number of amides is 1. The van der Waals surface area contributed by atoms with Gasteiger partial charge in [-0.3, -0.25) is 14.2 Å². The van der Waals surface area contributed by atoms with E-state index in [4.69, 9.17) is 4.74 Å². The number of hydrogen-bond acceptors (Lipinski definition) is 5. The van der Waals surface area contributed by atoms with Crippen molar-refractivity contribution in [3.05, 3.63) is 54.9 Å². The van der Waals surface area contributed by atoms with Gasteiger partial charge in [-0.1, -0.05) is 31.2 Å². The molecule has 0 spiro atoms. The highest BCUT2D eigenvalue weighted by atomic mass is 32.1. The number of carbonyl (C=O) groups is 2. The number of esters is 1. The number of aromatic nitrogens is 1. The topological polar surface area (TPSA) is 68.6 Å². The molecule has 30 heavy (non-hydrogen) atoms. The molecule has 0 bridgehead atoms. The van der Waals surface area contributed by atoms with Crippen LogP contribution >= 0.6 is 11.3 Å². The second kappa shape index (κ2) is 9.89. The zero-order chi connectivity index (χ0) is 21.7. The summed E-state index contributed by atoms with van der Waals surface area (Å²) < 4.78 is 7.32. The summed E-state index contributed by atoms with van der Waals surface area (Å²) in [6.45, 7) is 7.42. The van der Waals surface area contributed by atoms with Gasteiger partial charge in [0.05, 0.1) is 17.2 Å². The van der Waals surface area contributed by atoms with Crippen LogP contribution in [0.25, 0.3) is 12.2 Å². The van der Waals surface area contributed by atoms with Gasteiger partial charge in [-0.05, 0) is 49.8 Å². The molecule has 1 aromatic carbocycles. The van der Waals surface area contributed by atoms with E-state index in [1.165, 1.54) is 22.0 Å². The first-order chi connectivity index (χ1) is 14.4. The van der Waals surface area contributed by atoms with Crippen molar-refractivity contribution in [1.29, 1.82) is 0 Å². The van der Waals surface area contributed by atoms with E-state index in [1.54, 1.807) is 6.92 Å². The van der Waals surface area contributed by atoms with Crippen molar-refractivity contribution in [2.24, 2.45) is 5.92 Å². The third kappa shape index (κ3) is 5.27. The van der Waals surface area contributed by atoms with Crippen LogP contribution in [0.2, 0.25) is 0 Å². The number of rotatable bonds is 5. The quantitative estimate of drug-likeness (QED) is 0.679. The van der Waals surface area contributed by atoms with Gasteiger partial charge in [0.1, 0.15) is 11.2 Å². The predicted octanol–water partition coefficient (Wildman–Crippen LogP) is 1.65. The van der Waals surface area contributed by atoms with Crippen LogP contribution in [0.4, 0.5) is 0 Å². The Morgan fingerprint density at radius 1 is 1.30 bits per heavy atom. The second-order valence-electron chi connectivity index (χ2n) is 7.68. The summed E-state index contributed by atoms with van der Waals surface area (Å²) in [5.74, 6) is -0.159. The SMILES string of the molecule is CCOC(=O)/C=c1\s/c(=C/c2ccccc2C)c(=O)n1CC(=O)N1CCCC(C)C1. The normalized spacial score (nSPS) is 18.0. The largest absolute Gasteiger partial charge is 0.463 e. The minimum Gasteiger partial charge on any atom is -0.463 e. The number of benzene rings is 1. The fourth-order valence-electron chi connectivity index (χ4n) is 3.62. The van der Waals surface area contributed by atoms with Crippen LogP contribution in [0, 0.1) is 12.8 Å². The van der Waals surface area contributed by atoms with Crippen molar-refractivity contribution in [3.63, 3.8) is 0 Å².